The summed E-state index contributed by atoms with van der Waals surface area (Å²) in [4.78, 5) is 17.0. The molecule has 0 amide bonds. The molecule has 1 aliphatic rings. The van der Waals surface area contributed by atoms with Gasteiger partial charge in [-0.2, -0.15) is 9.67 Å². The molecule has 0 spiro atoms. The summed E-state index contributed by atoms with van der Waals surface area (Å²) in [6.07, 6.45) is 2.92. The van der Waals surface area contributed by atoms with E-state index in [2.05, 4.69) is 10.1 Å². The number of carbonyl (C=O) groups excluding carboxylic acids is 1. The fourth-order valence-electron chi connectivity index (χ4n) is 2.39. The smallest absolute Gasteiger partial charge is 0.336 e. The Morgan fingerprint density at radius 3 is 2.83 bits per heavy atom. The molecule has 122 valence electrons. The number of rotatable bonds is 5. The summed E-state index contributed by atoms with van der Waals surface area (Å²) in [5, 5.41) is 4.88. The summed E-state index contributed by atoms with van der Waals surface area (Å²) in [5.41, 5.74) is 0.761. The van der Waals surface area contributed by atoms with E-state index >= 15 is 0 Å². The molecule has 0 N–H and O–H groups in total. The Morgan fingerprint density at radius 2 is 2.22 bits per heavy atom. The van der Waals surface area contributed by atoms with Crippen LogP contribution >= 0.6 is 11.6 Å². The van der Waals surface area contributed by atoms with Gasteiger partial charge in [0.25, 0.3) is 5.91 Å². The minimum atomic E-state index is -0.0156. The highest BCUT2D eigenvalue weighted by atomic mass is 35.5. The predicted molar refractivity (Wildman–Crippen MR) is 88.8 cm³/mol. The number of benzene rings is 1. The van der Waals surface area contributed by atoms with Crippen LogP contribution in [-0.2, 0) is 0 Å². The van der Waals surface area contributed by atoms with Crippen LogP contribution in [0.4, 0.5) is 0 Å². The van der Waals surface area contributed by atoms with Crippen molar-refractivity contribution in [1.82, 2.24) is 14.8 Å². The summed E-state index contributed by atoms with van der Waals surface area (Å²) >= 11 is 6.06. The van der Waals surface area contributed by atoms with Crippen LogP contribution in [0.1, 0.15) is 37.9 Å². The monoisotopic (exact) mass is 333 g/mol. The second-order valence-corrected chi connectivity index (χ2v) is 6.75. The fraction of sp³-hybridized carbons (Fsp3) is 0.471. The van der Waals surface area contributed by atoms with Crippen molar-refractivity contribution in [3.63, 3.8) is 0 Å². The van der Waals surface area contributed by atoms with Gasteiger partial charge >= 0.3 is 6.01 Å². The Kier molecular flexibility index (Phi) is 4.66. The van der Waals surface area contributed by atoms with Crippen molar-refractivity contribution in [1.29, 1.82) is 0 Å². The van der Waals surface area contributed by atoms with E-state index in [-0.39, 0.29) is 17.8 Å². The van der Waals surface area contributed by atoms with Crippen molar-refractivity contribution < 1.29 is 9.53 Å². The number of ether oxygens (including phenoxy) is 1. The van der Waals surface area contributed by atoms with Crippen LogP contribution in [-0.4, -0.2) is 27.3 Å². The van der Waals surface area contributed by atoms with Crippen molar-refractivity contribution in [2.24, 2.45) is 11.8 Å². The highest BCUT2D eigenvalue weighted by molar-refractivity contribution is 6.30. The Bertz CT molecular complexity index is 708. The zero-order valence-corrected chi connectivity index (χ0v) is 14.1. The van der Waals surface area contributed by atoms with E-state index in [0.717, 1.165) is 24.8 Å². The molecule has 6 heteroatoms. The topological polar surface area (TPSA) is 57.0 Å². The molecule has 1 saturated carbocycles. The van der Waals surface area contributed by atoms with Gasteiger partial charge in [0.1, 0.15) is 0 Å². The number of halogens is 1. The molecule has 1 fully saturated rings. The van der Waals surface area contributed by atoms with Crippen LogP contribution in [0.25, 0.3) is 11.4 Å². The normalized spacial score (nSPS) is 14.8. The third-order valence-corrected chi connectivity index (χ3v) is 4.11. The first kappa shape index (κ1) is 16.0. The molecule has 0 atom stereocenters. The second kappa shape index (κ2) is 6.71. The molecule has 0 unspecified atom stereocenters. The molecule has 0 aliphatic heterocycles. The minimum absolute atomic E-state index is 0.0156. The quantitative estimate of drug-likeness (QED) is 0.827. The van der Waals surface area contributed by atoms with E-state index in [0.29, 0.717) is 23.4 Å². The lowest BCUT2D eigenvalue weighted by Crippen LogP contribution is -2.28. The van der Waals surface area contributed by atoms with Gasteiger partial charge in [0, 0.05) is 16.5 Å². The molecule has 23 heavy (non-hydrogen) atoms. The van der Waals surface area contributed by atoms with E-state index in [9.17, 15) is 4.79 Å². The van der Waals surface area contributed by atoms with E-state index in [1.807, 2.05) is 26.0 Å². The molecule has 1 aromatic carbocycles. The van der Waals surface area contributed by atoms with E-state index < -0.39 is 0 Å². The maximum absolute atomic E-state index is 12.6. The number of hydrogen-bond donors (Lipinski definition) is 0. The Morgan fingerprint density at radius 1 is 1.43 bits per heavy atom. The summed E-state index contributed by atoms with van der Waals surface area (Å²) in [7, 11) is 0. The van der Waals surface area contributed by atoms with Gasteiger partial charge < -0.3 is 4.74 Å². The average molecular weight is 334 g/mol. The van der Waals surface area contributed by atoms with E-state index in [1.165, 1.54) is 4.68 Å². The van der Waals surface area contributed by atoms with Crippen molar-refractivity contribution in [3.8, 4) is 17.4 Å². The van der Waals surface area contributed by atoms with Crippen LogP contribution in [0, 0.1) is 11.8 Å². The Hall–Kier alpha value is -1.88. The predicted octanol–water partition coefficient (Wildman–Crippen LogP) is 4.07. The van der Waals surface area contributed by atoms with Crippen molar-refractivity contribution in [2.45, 2.75) is 33.1 Å². The highest BCUT2D eigenvalue weighted by Crippen LogP contribution is 2.30. The number of hydrogen-bond acceptors (Lipinski definition) is 4. The zero-order valence-electron chi connectivity index (χ0n) is 13.3. The summed E-state index contributed by atoms with van der Waals surface area (Å²) in [6.45, 7) is 4.61. The molecular formula is C17H20ClN3O2. The molecular weight excluding hydrogens is 314 g/mol. The highest BCUT2D eigenvalue weighted by Gasteiger charge is 2.30. The van der Waals surface area contributed by atoms with Gasteiger partial charge in [0.2, 0.25) is 0 Å². The van der Waals surface area contributed by atoms with E-state index in [4.69, 9.17) is 16.3 Å². The third kappa shape index (κ3) is 3.55. The molecule has 0 bridgehead atoms. The van der Waals surface area contributed by atoms with Crippen LogP contribution in [0.2, 0.25) is 5.02 Å². The Balaban J connectivity index is 1.95. The largest absolute Gasteiger partial charge is 0.462 e. The first-order chi connectivity index (χ1) is 11.0. The lowest BCUT2D eigenvalue weighted by molar-refractivity contribution is 0.0746. The third-order valence-electron chi connectivity index (χ3n) is 3.88. The summed E-state index contributed by atoms with van der Waals surface area (Å²) in [5.74, 6) is 0.868. The van der Waals surface area contributed by atoms with Gasteiger partial charge in [-0.1, -0.05) is 44.0 Å². The molecule has 3 rings (SSSR count). The zero-order chi connectivity index (χ0) is 16.4. The van der Waals surface area contributed by atoms with Crippen molar-refractivity contribution in [2.75, 3.05) is 6.61 Å². The number of nitrogens with zero attached hydrogens (tertiary/aromatic N) is 3. The maximum atomic E-state index is 12.6. The molecule has 5 nitrogen and oxygen atoms in total. The summed E-state index contributed by atoms with van der Waals surface area (Å²) < 4.78 is 6.97. The average Bonchev–Trinajstić information content (AvgIpc) is 2.87. The van der Waals surface area contributed by atoms with Crippen LogP contribution in [0.3, 0.4) is 0 Å². The summed E-state index contributed by atoms with van der Waals surface area (Å²) in [6, 6.07) is 7.51. The van der Waals surface area contributed by atoms with Crippen molar-refractivity contribution in [3.05, 3.63) is 29.3 Å². The minimum Gasteiger partial charge on any atom is -0.462 e. The second-order valence-electron chi connectivity index (χ2n) is 6.31. The van der Waals surface area contributed by atoms with Gasteiger partial charge in [-0.25, -0.2) is 0 Å². The molecule has 1 heterocycles. The first-order valence-corrected chi connectivity index (χ1v) is 8.32. The van der Waals surface area contributed by atoms with Crippen molar-refractivity contribution >= 4 is 17.5 Å². The number of carbonyl (C=O) groups is 1. The molecule has 1 aliphatic carbocycles. The maximum Gasteiger partial charge on any atom is 0.336 e. The number of aromatic nitrogens is 3. The molecule has 0 saturated heterocycles. The standard InChI is InChI=1S/C17H20ClN3O2/c1-11(2)10-23-17-19-15(13-7-4-8-14(18)9-13)21(20-17)16(22)12-5-3-6-12/h4,7-9,11-12H,3,5-6,10H2,1-2H3. The van der Waals surface area contributed by atoms with Gasteiger partial charge in [-0.3, -0.25) is 4.79 Å². The Labute approximate surface area is 140 Å². The molecule has 2 aromatic rings. The molecule has 1 aromatic heterocycles. The SMILES string of the molecule is CC(C)COc1nc(-c2cccc(Cl)c2)n(C(=O)C2CCC2)n1. The molecule has 0 radical (unpaired) electrons. The van der Waals surface area contributed by atoms with Crippen LogP contribution in [0.15, 0.2) is 24.3 Å². The first-order valence-electron chi connectivity index (χ1n) is 7.94. The van der Waals surface area contributed by atoms with Gasteiger partial charge in [-0.15, -0.1) is 5.10 Å². The lowest BCUT2D eigenvalue weighted by atomic mass is 9.85. The van der Waals surface area contributed by atoms with Gasteiger partial charge in [0.05, 0.1) is 6.61 Å². The van der Waals surface area contributed by atoms with Gasteiger partial charge in [-0.05, 0) is 30.9 Å². The van der Waals surface area contributed by atoms with Gasteiger partial charge in [0.15, 0.2) is 5.82 Å². The van der Waals surface area contributed by atoms with E-state index in [1.54, 1.807) is 12.1 Å². The fourth-order valence-corrected chi connectivity index (χ4v) is 2.58. The van der Waals surface area contributed by atoms with Crippen LogP contribution in [0.5, 0.6) is 6.01 Å². The lowest BCUT2D eigenvalue weighted by Gasteiger charge is -2.23. The van der Waals surface area contributed by atoms with Crippen LogP contribution < -0.4 is 4.74 Å².